The lowest BCUT2D eigenvalue weighted by atomic mass is 10.2. The number of carbonyl (C=O) groups is 1. The summed E-state index contributed by atoms with van der Waals surface area (Å²) in [6.07, 6.45) is 6.53. The molecule has 0 aliphatic heterocycles. The van der Waals surface area contributed by atoms with E-state index in [-0.39, 0.29) is 6.03 Å². The number of nitrogens with one attached hydrogen (secondary N) is 2. The molecule has 4 nitrogen and oxygen atoms in total. The summed E-state index contributed by atoms with van der Waals surface area (Å²) >= 11 is 1.74. The molecule has 2 N–H and O–H groups in total. The molecule has 2 amide bonds. The van der Waals surface area contributed by atoms with Crippen LogP contribution in [0.2, 0.25) is 0 Å². The molecule has 1 saturated carbocycles. The summed E-state index contributed by atoms with van der Waals surface area (Å²) in [5.41, 5.74) is 1.19. The second kappa shape index (κ2) is 6.89. The SMILES string of the molecule is CCc1nc(CCNC(=O)NC2CCCC2)sc1C. The first-order valence-corrected chi connectivity index (χ1v) is 8.00. The predicted molar refractivity (Wildman–Crippen MR) is 78.7 cm³/mol. The number of hydrogen-bond acceptors (Lipinski definition) is 3. The topological polar surface area (TPSA) is 54.0 Å². The van der Waals surface area contributed by atoms with Crippen molar-refractivity contribution in [2.45, 2.75) is 58.4 Å². The highest BCUT2D eigenvalue weighted by atomic mass is 32.1. The second-order valence-electron chi connectivity index (χ2n) is 5.10. The quantitative estimate of drug-likeness (QED) is 0.872. The van der Waals surface area contributed by atoms with Crippen molar-refractivity contribution in [3.63, 3.8) is 0 Å². The zero-order valence-electron chi connectivity index (χ0n) is 11.8. The van der Waals surface area contributed by atoms with Crippen molar-refractivity contribution in [1.29, 1.82) is 0 Å². The van der Waals surface area contributed by atoms with Crippen molar-refractivity contribution >= 4 is 17.4 Å². The van der Waals surface area contributed by atoms with Gasteiger partial charge in [-0.1, -0.05) is 19.8 Å². The summed E-state index contributed by atoms with van der Waals surface area (Å²) in [7, 11) is 0. The van der Waals surface area contributed by atoms with Crippen molar-refractivity contribution in [2.24, 2.45) is 0 Å². The van der Waals surface area contributed by atoms with Crippen LogP contribution in [0.15, 0.2) is 0 Å². The molecule has 0 atom stereocenters. The van der Waals surface area contributed by atoms with Crippen LogP contribution in [-0.4, -0.2) is 23.6 Å². The Hall–Kier alpha value is -1.10. The summed E-state index contributed by atoms with van der Waals surface area (Å²) in [5.74, 6) is 0. The van der Waals surface area contributed by atoms with Gasteiger partial charge in [0.25, 0.3) is 0 Å². The van der Waals surface area contributed by atoms with Crippen molar-refractivity contribution in [2.75, 3.05) is 6.54 Å². The number of amides is 2. The summed E-state index contributed by atoms with van der Waals surface area (Å²) in [4.78, 5) is 17.6. The molecule has 1 aliphatic carbocycles. The van der Waals surface area contributed by atoms with Crippen LogP contribution in [0.4, 0.5) is 4.79 Å². The average Bonchev–Trinajstić information content (AvgIpc) is 2.99. The zero-order chi connectivity index (χ0) is 13.7. The van der Waals surface area contributed by atoms with Gasteiger partial charge in [0.1, 0.15) is 0 Å². The Kier molecular flexibility index (Phi) is 5.19. The molecule has 1 aliphatic rings. The van der Waals surface area contributed by atoms with E-state index < -0.39 is 0 Å². The summed E-state index contributed by atoms with van der Waals surface area (Å²) in [6.45, 7) is 4.90. The van der Waals surface area contributed by atoms with E-state index >= 15 is 0 Å². The molecule has 2 rings (SSSR count). The fourth-order valence-corrected chi connectivity index (χ4v) is 3.53. The Bertz CT molecular complexity index is 424. The average molecular weight is 281 g/mol. The molecule has 1 fully saturated rings. The maximum absolute atomic E-state index is 11.7. The van der Waals surface area contributed by atoms with Gasteiger partial charge in [-0.25, -0.2) is 9.78 Å². The van der Waals surface area contributed by atoms with Crippen LogP contribution in [0.3, 0.4) is 0 Å². The van der Waals surface area contributed by atoms with E-state index in [1.807, 2.05) is 0 Å². The van der Waals surface area contributed by atoms with Gasteiger partial charge in [-0.15, -0.1) is 11.3 Å². The van der Waals surface area contributed by atoms with Gasteiger partial charge in [0.15, 0.2) is 0 Å². The predicted octanol–water partition coefficient (Wildman–Crippen LogP) is 2.80. The highest BCUT2D eigenvalue weighted by Crippen LogP contribution is 2.18. The lowest BCUT2D eigenvalue weighted by Crippen LogP contribution is -2.41. The van der Waals surface area contributed by atoms with Crippen LogP contribution in [0.1, 0.15) is 48.2 Å². The Balaban J connectivity index is 1.68. The van der Waals surface area contributed by atoms with Gasteiger partial charge in [-0.2, -0.15) is 0 Å². The van der Waals surface area contributed by atoms with Gasteiger partial charge in [0, 0.05) is 23.9 Å². The highest BCUT2D eigenvalue weighted by molar-refractivity contribution is 7.11. The van der Waals surface area contributed by atoms with E-state index in [4.69, 9.17) is 0 Å². The molecule has 0 radical (unpaired) electrons. The minimum Gasteiger partial charge on any atom is -0.338 e. The Morgan fingerprint density at radius 2 is 2.16 bits per heavy atom. The first-order chi connectivity index (χ1) is 9.19. The van der Waals surface area contributed by atoms with Crippen LogP contribution in [-0.2, 0) is 12.8 Å². The van der Waals surface area contributed by atoms with Crippen LogP contribution in [0, 0.1) is 6.92 Å². The van der Waals surface area contributed by atoms with Crippen LogP contribution in [0.5, 0.6) is 0 Å². The molecule has 0 unspecified atom stereocenters. The Morgan fingerprint density at radius 1 is 1.42 bits per heavy atom. The van der Waals surface area contributed by atoms with Gasteiger partial charge in [0.2, 0.25) is 0 Å². The molecule has 0 spiro atoms. The monoisotopic (exact) mass is 281 g/mol. The first-order valence-electron chi connectivity index (χ1n) is 7.18. The minimum atomic E-state index is -0.0316. The molecular weight excluding hydrogens is 258 g/mol. The third kappa shape index (κ3) is 4.20. The van der Waals surface area contributed by atoms with E-state index in [0.29, 0.717) is 12.6 Å². The molecule has 0 saturated heterocycles. The standard InChI is InChI=1S/C14H23N3OS/c1-3-12-10(2)19-13(17-12)8-9-15-14(18)16-11-6-4-5-7-11/h11H,3-9H2,1-2H3,(H2,15,16,18). The highest BCUT2D eigenvalue weighted by Gasteiger charge is 2.16. The summed E-state index contributed by atoms with van der Waals surface area (Å²) in [6, 6.07) is 0.352. The minimum absolute atomic E-state index is 0.0316. The Morgan fingerprint density at radius 3 is 2.79 bits per heavy atom. The fourth-order valence-electron chi connectivity index (χ4n) is 2.51. The van der Waals surface area contributed by atoms with Gasteiger partial charge in [-0.05, 0) is 26.2 Å². The third-order valence-corrected chi connectivity index (χ3v) is 4.66. The number of hydrogen-bond donors (Lipinski definition) is 2. The lowest BCUT2D eigenvalue weighted by molar-refractivity contribution is 0.237. The van der Waals surface area contributed by atoms with Gasteiger partial charge in [-0.3, -0.25) is 0 Å². The number of nitrogens with zero attached hydrogens (tertiary/aromatic N) is 1. The van der Waals surface area contributed by atoms with Gasteiger partial charge < -0.3 is 10.6 Å². The maximum atomic E-state index is 11.7. The van der Waals surface area contributed by atoms with E-state index in [2.05, 4.69) is 29.5 Å². The van der Waals surface area contributed by atoms with Crippen LogP contribution < -0.4 is 10.6 Å². The van der Waals surface area contributed by atoms with E-state index in [1.54, 1.807) is 11.3 Å². The number of carbonyl (C=O) groups excluding carboxylic acids is 1. The molecule has 0 aromatic carbocycles. The molecule has 1 aromatic heterocycles. The number of urea groups is 1. The number of aromatic nitrogens is 1. The number of thiazole rings is 1. The van der Waals surface area contributed by atoms with Crippen LogP contribution >= 0.6 is 11.3 Å². The smallest absolute Gasteiger partial charge is 0.315 e. The number of aryl methyl sites for hydroxylation is 2. The lowest BCUT2D eigenvalue weighted by Gasteiger charge is -2.12. The van der Waals surface area contributed by atoms with E-state index in [1.165, 1.54) is 23.4 Å². The van der Waals surface area contributed by atoms with Gasteiger partial charge in [0.05, 0.1) is 10.7 Å². The van der Waals surface area contributed by atoms with Crippen LogP contribution in [0.25, 0.3) is 0 Å². The van der Waals surface area contributed by atoms with Crippen molar-refractivity contribution in [3.05, 3.63) is 15.6 Å². The summed E-state index contributed by atoms with van der Waals surface area (Å²) < 4.78 is 0. The van der Waals surface area contributed by atoms with Crippen molar-refractivity contribution < 1.29 is 4.79 Å². The summed E-state index contributed by atoms with van der Waals surface area (Å²) in [5, 5.41) is 7.07. The third-order valence-electron chi connectivity index (χ3n) is 3.59. The molecule has 5 heteroatoms. The second-order valence-corrected chi connectivity index (χ2v) is 6.38. The molecule has 0 bridgehead atoms. The molecule has 106 valence electrons. The van der Waals surface area contributed by atoms with Crippen molar-refractivity contribution in [1.82, 2.24) is 15.6 Å². The molecule has 1 aromatic rings. The Labute approximate surface area is 119 Å². The van der Waals surface area contributed by atoms with E-state index in [9.17, 15) is 4.79 Å². The van der Waals surface area contributed by atoms with E-state index in [0.717, 1.165) is 30.7 Å². The molecule has 19 heavy (non-hydrogen) atoms. The zero-order valence-corrected chi connectivity index (χ0v) is 12.6. The maximum Gasteiger partial charge on any atom is 0.315 e. The van der Waals surface area contributed by atoms with Gasteiger partial charge >= 0.3 is 6.03 Å². The molecular formula is C14H23N3OS. The van der Waals surface area contributed by atoms with Crippen molar-refractivity contribution in [3.8, 4) is 0 Å². The first kappa shape index (κ1) is 14.3. The fraction of sp³-hybridized carbons (Fsp3) is 0.714. The largest absolute Gasteiger partial charge is 0.338 e. The normalized spacial score (nSPS) is 15.7. The molecule has 1 heterocycles. The number of rotatable bonds is 5.